The highest BCUT2D eigenvalue weighted by Gasteiger charge is 2.16. The van der Waals surface area contributed by atoms with Crippen LogP contribution in [0.4, 0.5) is 11.4 Å². The van der Waals surface area contributed by atoms with Gasteiger partial charge in [-0.1, -0.05) is 29.8 Å². The van der Waals surface area contributed by atoms with E-state index >= 15 is 0 Å². The first kappa shape index (κ1) is 18.3. The third-order valence-corrected chi connectivity index (χ3v) is 5.18. The van der Waals surface area contributed by atoms with Crippen LogP contribution in [-0.4, -0.2) is 21.5 Å². The van der Waals surface area contributed by atoms with Gasteiger partial charge in [0.15, 0.2) is 5.15 Å². The second kappa shape index (κ2) is 7.52. The van der Waals surface area contributed by atoms with E-state index in [4.69, 9.17) is 11.6 Å². The molecule has 0 radical (unpaired) electrons. The number of carbonyl (C=O) groups excluding carboxylic acids is 1. The molecule has 0 bridgehead atoms. The number of rotatable bonds is 5. The zero-order valence-electron chi connectivity index (χ0n) is 15.7. The maximum Gasteiger partial charge on any atom is 0.246 e. The Balaban J connectivity index is 1.60. The van der Waals surface area contributed by atoms with Crippen molar-refractivity contribution in [1.29, 1.82) is 0 Å². The molecule has 0 fully saturated rings. The monoisotopic (exact) mass is 392 g/mol. The van der Waals surface area contributed by atoms with Crippen LogP contribution in [0.25, 0.3) is 21.8 Å². The lowest BCUT2D eigenvalue weighted by Gasteiger charge is -2.16. The molecule has 0 spiro atoms. The van der Waals surface area contributed by atoms with Gasteiger partial charge in [0.05, 0.1) is 5.69 Å². The molecule has 0 aliphatic heterocycles. The van der Waals surface area contributed by atoms with Crippen LogP contribution >= 0.6 is 11.6 Å². The van der Waals surface area contributed by atoms with Crippen LogP contribution in [0.5, 0.6) is 0 Å². The number of fused-ring (bicyclic) bond motifs is 3. The van der Waals surface area contributed by atoms with Gasteiger partial charge in [-0.05, 0) is 50.2 Å². The SMILES string of the molecule is CCn1c2ccccc2c2cc(N[C@H](C)C(=O)Nc3cccnc3Cl)ccc21. The fourth-order valence-corrected chi connectivity index (χ4v) is 3.69. The molecule has 0 unspecified atom stereocenters. The summed E-state index contributed by atoms with van der Waals surface area (Å²) in [4.78, 5) is 16.5. The highest BCUT2D eigenvalue weighted by Crippen LogP contribution is 2.31. The summed E-state index contributed by atoms with van der Waals surface area (Å²) in [6.45, 7) is 4.87. The first-order valence-corrected chi connectivity index (χ1v) is 9.65. The molecule has 0 aliphatic carbocycles. The number of aryl methyl sites for hydroxylation is 1. The summed E-state index contributed by atoms with van der Waals surface area (Å²) >= 11 is 6.02. The third kappa shape index (κ3) is 3.29. The second-order valence-electron chi connectivity index (χ2n) is 6.69. The molecule has 0 aliphatic rings. The second-order valence-corrected chi connectivity index (χ2v) is 7.05. The van der Waals surface area contributed by atoms with E-state index in [0.717, 1.165) is 12.2 Å². The van der Waals surface area contributed by atoms with Crippen molar-refractivity contribution in [2.45, 2.75) is 26.4 Å². The van der Waals surface area contributed by atoms with Crippen molar-refractivity contribution < 1.29 is 4.79 Å². The Hall–Kier alpha value is -3.05. The smallest absolute Gasteiger partial charge is 0.246 e. The Labute approximate surface area is 168 Å². The van der Waals surface area contributed by atoms with E-state index in [1.54, 1.807) is 18.3 Å². The van der Waals surface area contributed by atoms with Crippen molar-refractivity contribution in [2.75, 3.05) is 10.6 Å². The Morgan fingerprint density at radius 2 is 1.89 bits per heavy atom. The topological polar surface area (TPSA) is 59.0 Å². The van der Waals surface area contributed by atoms with Crippen LogP contribution in [0.15, 0.2) is 60.8 Å². The molecule has 5 nitrogen and oxygen atoms in total. The number of para-hydroxylation sites is 1. The lowest BCUT2D eigenvalue weighted by Crippen LogP contribution is -2.32. The zero-order chi connectivity index (χ0) is 19.7. The zero-order valence-corrected chi connectivity index (χ0v) is 16.5. The fraction of sp³-hybridized carbons (Fsp3) is 0.182. The summed E-state index contributed by atoms with van der Waals surface area (Å²) in [5.74, 6) is -0.175. The molecule has 28 heavy (non-hydrogen) atoms. The number of carbonyl (C=O) groups is 1. The number of halogens is 1. The van der Waals surface area contributed by atoms with Gasteiger partial charge < -0.3 is 15.2 Å². The molecule has 6 heteroatoms. The van der Waals surface area contributed by atoms with E-state index < -0.39 is 6.04 Å². The molecule has 2 heterocycles. The van der Waals surface area contributed by atoms with Crippen LogP contribution in [0.1, 0.15) is 13.8 Å². The highest BCUT2D eigenvalue weighted by atomic mass is 35.5. The first-order chi connectivity index (χ1) is 13.6. The highest BCUT2D eigenvalue weighted by molar-refractivity contribution is 6.32. The summed E-state index contributed by atoms with van der Waals surface area (Å²) in [5, 5.41) is 8.75. The lowest BCUT2D eigenvalue weighted by atomic mass is 10.1. The average Bonchev–Trinajstić information content (AvgIpc) is 3.02. The molecule has 0 saturated carbocycles. The van der Waals surface area contributed by atoms with E-state index in [9.17, 15) is 4.79 Å². The summed E-state index contributed by atoms with van der Waals surface area (Å²) in [5.41, 5.74) is 3.80. The molecular formula is C22H21ClN4O. The summed E-state index contributed by atoms with van der Waals surface area (Å²) in [6, 6.07) is 17.6. The maximum atomic E-state index is 12.5. The van der Waals surface area contributed by atoms with Crippen molar-refractivity contribution in [1.82, 2.24) is 9.55 Å². The molecule has 0 saturated heterocycles. The normalized spacial score (nSPS) is 12.2. The van der Waals surface area contributed by atoms with Crippen LogP contribution in [0, 0.1) is 0 Å². The van der Waals surface area contributed by atoms with Gasteiger partial charge in [-0.15, -0.1) is 0 Å². The molecular weight excluding hydrogens is 372 g/mol. The quantitative estimate of drug-likeness (QED) is 0.453. The van der Waals surface area contributed by atoms with Crippen LogP contribution in [-0.2, 0) is 11.3 Å². The Kier molecular flexibility index (Phi) is 4.92. The third-order valence-electron chi connectivity index (χ3n) is 4.88. The minimum atomic E-state index is -0.437. The predicted octanol–water partition coefficient (Wildman–Crippen LogP) is 5.30. The molecule has 4 aromatic rings. The number of anilines is 2. The van der Waals surface area contributed by atoms with Crippen molar-refractivity contribution >= 4 is 50.7 Å². The lowest BCUT2D eigenvalue weighted by molar-refractivity contribution is -0.116. The number of nitrogens with one attached hydrogen (secondary N) is 2. The van der Waals surface area contributed by atoms with Crippen molar-refractivity contribution in [3.05, 3.63) is 65.9 Å². The molecule has 1 atom stereocenters. The Morgan fingerprint density at radius 1 is 1.11 bits per heavy atom. The fourth-order valence-electron chi connectivity index (χ4n) is 3.52. The largest absolute Gasteiger partial charge is 0.374 e. The summed E-state index contributed by atoms with van der Waals surface area (Å²) in [6.07, 6.45) is 1.58. The van der Waals surface area contributed by atoms with Crippen LogP contribution < -0.4 is 10.6 Å². The van der Waals surface area contributed by atoms with Crippen molar-refractivity contribution in [3.8, 4) is 0 Å². The predicted molar refractivity (Wildman–Crippen MR) is 116 cm³/mol. The number of pyridine rings is 1. The standard InChI is InChI=1S/C22H21ClN4O/c1-3-27-19-9-5-4-7-16(19)17-13-15(10-11-20(17)27)25-14(2)22(28)26-18-8-6-12-24-21(18)23/h4-14,25H,3H2,1-2H3,(H,26,28)/t14-/m1/s1. The first-order valence-electron chi connectivity index (χ1n) is 9.27. The molecule has 2 aromatic carbocycles. The van der Waals surface area contributed by atoms with E-state index in [0.29, 0.717) is 5.69 Å². The number of nitrogens with zero attached hydrogens (tertiary/aromatic N) is 2. The van der Waals surface area contributed by atoms with Gasteiger partial charge in [0.25, 0.3) is 0 Å². The summed E-state index contributed by atoms with van der Waals surface area (Å²) < 4.78 is 2.30. The van der Waals surface area contributed by atoms with Gasteiger partial charge in [-0.3, -0.25) is 4.79 Å². The van der Waals surface area contributed by atoms with Gasteiger partial charge in [0, 0.05) is 40.2 Å². The maximum absolute atomic E-state index is 12.5. The molecule has 142 valence electrons. The number of amides is 1. The van der Waals surface area contributed by atoms with E-state index in [-0.39, 0.29) is 11.1 Å². The van der Waals surface area contributed by atoms with E-state index in [2.05, 4.69) is 63.5 Å². The molecule has 4 rings (SSSR count). The molecule has 2 aromatic heterocycles. The Bertz CT molecular complexity index is 1170. The Morgan fingerprint density at radius 3 is 2.68 bits per heavy atom. The van der Waals surface area contributed by atoms with Crippen LogP contribution in [0.2, 0.25) is 5.15 Å². The van der Waals surface area contributed by atoms with E-state index in [1.165, 1.54) is 21.8 Å². The van der Waals surface area contributed by atoms with Gasteiger partial charge in [0.2, 0.25) is 5.91 Å². The van der Waals surface area contributed by atoms with Crippen molar-refractivity contribution in [2.24, 2.45) is 0 Å². The minimum Gasteiger partial charge on any atom is -0.374 e. The van der Waals surface area contributed by atoms with Crippen molar-refractivity contribution in [3.63, 3.8) is 0 Å². The van der Waals surface area contributed by atoms with Gasteiger partial charge in [0.1, 0.15) is 6.04 Å². The minimum absolute atomic E-state index is 0.175. The van der Waals surface area contributed by atoms with Gasteiger partial charge >= 0.3 is 0 Å². The van der Waals surface area contributed by atoms with E-state index in [1.807, 2.05) is 13.0 Å². The molecule has 2 N–H and O–H groups in total. The van der Waals surface area contributed by atoms with Gasteiger partial charge in [-0.2, -0.15) is 0 Å². The number of hydrogen-bond acceptors (Lipinski definition) is 3. The molecule has 1 amide bonds. The van der Waals surface area contributed by atoms with Gasteiger partial charge in [-0.25, -0.2) is 4.98 Å². The number of hydrogen-bond donors (Lipinski definition) is 2. The summed E-state index contributed by atoms with van der Waals surface area (Å²) in [7, 11) is 0. The average molecular weight is 393 g/mol. The number of benzene rings is 2. The number of aromatic nitrogens is 2. The van der Waals surface area contributed by atoms with Crippen LogP contribution in [0.3, 0.4) is 0 Å².